The van der Waals surface area contributed by atoms with Crippen LogP contribution in [0.25, 0.3) is 0 Å². The maximum Gasteiger partial charge on any atom is 0.223 e. The van der Waals surface area contributed by atoms with E-state index in [0.29, 0.717) is 12.5 Å². The van der Waals surface area contributed by atoms with Gasteiger partial charge >= 0.3 is 0 Å². The molecule has 0 aromatic heterocycles. The number of hydrogen-bond acceptors (Lipinski definition) is 3. The van der Waals surface area contributed by atoms with E-state index < -0.39 is 0 Å². The van der Waals surface area contributed by atoms with Crippen LogP contribution in [-0.2, 0) is 9.53 Å². The fourth-order valence-electron chi connectivity index (χ4n) is 2.65. The second-order valence-electron chi connectivity index (χ2n) is 4.64. The van der Waals surface area contributed by atoms with Gasteiger partial charge in [0.2, 0.25) is 5.91 Å². The van der Waals surface area contributed by atoms with E-state index in [2.05, 4.69) is 5.32 Å². The SMILES string of the molecule is Cl.NC(=O)C1CCOC1CC1CCNCC1. The van der Waals surface area contributed by atoms with Crippen molar-refractivity contribution in [2.24, 2.45) is 17.6 Å². The highest BCUT2D eigenvalue weighted by molar-refractivity contribution is 5.85. The van der Waals surface area contributed by atoms with Gasteiger partial charge in [0.05, 0.1) is 12.0 Å². The normalized spacial score (nSPS) is 31.0. The maximum absolute atomic E-state index is 11.2. The van der Waals surface area contributed by atoms with E-state index >= 15 is 0 Å². The number of nitrogens with one attached hydrogen (secondary N) is 1. The van der Waals surface area contributed by atoms with Crippen molar-refractivity contribution in [1.29, 1.82) is 0 Å². The fourth-order valence-corrected chi connectivity index (χ4v) is 2.65. The Morgan fingerprint density at radius 2 is 2.00 bits per heavy atom. The van der Waals surface area contributed by atoms with E-state index in [1.807, 2.05) is 0 Å². The minimum Gasteiger partial charge on any atom is -0.377 e. The molecule has 0 aliphatic carbocycles. The highest BCUT2D eigenvalue weighted by Crippen LogP contribution is 2.29. The first-order chi connectivity index (χ1) is 7.27. The number of primary amides is 1. The molecule has 2 aliphatic rings. The molecule has 0 radical (unpaired) electrons. The number of carbonyl (C=O) groups is 1. The van der Waals surface area contributed by atoms with Crippen LogP contribution < -0.4 is 11.1 Å². The second kappa shape index (κ2) is 6.42. The Morgan fingerprint density at radius 1 is 1.31 bits per heavy atom. The molecular formula is C11H21ClN2O2. The van der Waals surface area contributed by atoms with Crippen molar-refractivity contribution in [3.8, 4) is 0 Å². The van der Waals surface area contributed by atoms with Gasteiger partial charge in [-0.25, -0.2) is 0 Å². The Kier molecular flexibility index (Phi) is 5.52. The van der Waals surface area contributed by atoms with Gasteiger partial charge in [0.15, 0.2) is 0 Å². The van der Waals surface area contributed by atoms with Gasteiger partial charge in [0, 0.05) is 6.61 Å². The Labute approximate surface area is 103 Å². The van der Waals surface area contributed by atoms with Crippen molar-refractivity contribution >= 4 is 18.3 Å². The zero-order valence-electron chi connectivity index (χ0n) is 9.48. The summed E-state index contributed by atoms with van der Waals surface area (Å²) in [5.41, 5.74) is 5.36. The third-order valence-electron chi connectivity index (χ3n) is 3.60. The van der Waals surface area contributed by atoms with E-state index in [1.54, 1.807) is 0 Å². The lowest BCUT2D eigenvalue weighted by Crippen LogP contribution is -2.34. The maximum atomic E-state index is 11.2. The average molecular weight is 249 g/mol. The van der Waals surface area contributed by atoms with Crippen LogP contribution in [0.1, 0.15) is 25.7 Å². The summed E-state index contributed by atoms with van der Waals surface area (Å²) in [6.07, 6.45) is 4.31. The topological polar surface area (TPSA) is 64.4 Å². The van der Waals surface area contributed by atoms with E-state index in [-0.39, 0.29) is 30.3 Å². The molecule has 2 heterocycles. The molecule has 2 rings (SSSR count). The first-order valence-corrected chi connectivity index (χ1v) is 5.89. The molecule has 2 saturated heterocycles. The standard InChI is InChI=1S/C11H20N2O2.ClH/c12-11(14)9-3-6-15-10(9)7-8-1-4-13-5-2-8;/h8-10,13H,1-7H2,(H2,12,14);1H. The smallest absolute Gasteiger partial charge is 0.223 e. The largest absolute Gasteiger partial charge is 0.377 e. The van der Waals surface area contributed by atoms with E-state index in [1.165, 1.54) is 12.8 Å². The molecular weight excluding hydrogens is 228 g/mol. The van der Waals surface area contributed by atoms with Crippen molar-refractivity contribution in [3.05, 3.63) is 0 Å². The number of amides is 1. The van der Waals surface area contributed by atoms with Gasteiger partial charge in [-0.15, -0.1) is 12.4 Å². The van der Waals surface area contributed by atoms with E-state index in [4.69, 9.17) is 10.5 Å². The van der Waals surface area contributed by atoms with Crippen molar-refractivity contribution in [1.82, 2.24) is 5.32 Å². The van der Waals surface area contributed by atoms with Gasteiger partial charge in [0.25, 0.3) is 0 Å². The predicted octanol–water partition coefficient (Wildman–Crippen LogP) is 0.688. The van der Waals surface area contributed by atoms with Gasteiger partial charge in [-0.2, -0.15) is 0 Å². The minimum absolute atomic E-state index is 0. The first kappa shape index (κ1) is 13.7. The molecule has 2 fully saturated rings. The van der Waals surface area contributed by atoms with Crippen molar-refractivity contribution in [2.45, 2.75) is 31.8 Å². The van der Waals surface area contributed by atoms with Crippen LogP contribution >= 0.6 is 12.4 Å². The van der Waals surface area contributed by atoms with Crippen LogP contribution in [0, 0.1) is 11.8 Å². The Morgan fingerprint density at radius 3 is 2.62 bits per heavy atom. The van der Waals surface area contributed by atoms with E-state index in [9.17, 15) is 4.79 Å². The summed E-state index contributed by atoms with van der Waals surface area (Å²) in [6.45, 7) is 2.89. The molecule has 94 valence electrons. The Hall–Kier alpha value is -0.320. The van der Waals surface area contributed by atoms with Crippen LogP contribution in [0.3, 0.4) is 0 Å². The highest BCUT2D eigenvalue weighted by atomic mass is 35.5. The van der Waals surface area contributed by atoms with Crippen molar-refractivity contribution < 1.29 is 9.53 Å². The van der Waals surface area contributed by atoms with E-state index in [0.717, 1.165) is 25.9 Å². The monoisotopic (exact) mass is 248 g/mol. The van der Waals surface area contributed by atoms with Crippen LogP contribution in [0.4, 0.5) is 0 Å². The predicted molar refractivity (Wildman–Crippen MR) is 64.5 cm³/mol. The molecule has 5 heteroatoms. The number of carbonyl (C=O) groups excluding carboxylic acids is 1. The van der Waals surface area contributed by atoms with Crippen LogP contribution in [-0.4, -0.2) is 31.7 Å². The summed E-state index contributed by atoms with van der Waals surface area (Å²) in [7, 11) is 0. The summed E-state index contributed by atoms with van der Waals surface area (Å²) < 4.78 is 5.61. The molecule has 16 heavy (non-hydrogen) atoms. The molecule has 0 aromatic carbocycles. The lowest BCUT2D eigenvalue weighted by atomic mass is 9.87. The summed E-state index contributed by atoms with van der Waals surface area (Å²) in [5, 5.41) is 3.34. The number of halogens is 1. The van der Waals surface area contributed by atoms with Crippen molar-refractivity contribution in [2.75, 3.05) is 19.7 Å². The Bertz CT molecular complexity index is 232. The van der Waals surface area contributed by atoms with Crippen LogP contribution in [0.15, 0.2) is 0 Å². The third-order valence-corrected chi connectivity index (χ3v) is 3.60. The van der Waals surface area contributed by atoms with Gasteiger partial charge in [-0.3, -0.25) is 4.79 Å². The molecule has 0 spiro atoms. The molecule has 2 unspecified atom stereocenters. The van der Waals surface area contributed by atoms with Crippen molar-refractivity contribution in [3.63, 3.8) is 0 Å². The lowest BCUT2D eigenvalue weighted by Gasteiger charge is -2.26. The van der Waals surface area contributed by atoms with Crippen LogP contribution in [0.5, 0.6) is 0 Å². The van der Waals surface area contributed by atoms with Crippen LogP contribution in [0.2, 0.25) is 0 Å². The molecule has 0 bridgehead atoms. The first-order valence-electron chi connectivity index (χ1n) is 5.89. The minimum atomic E-state index is -0.188. The third kappa shape index (κ3) is 3.34. The summed E-state index contributed by atoms with van der Waals surface area (Å²) >= 11 is 0. The second-order valence-corrected chi connectivity index (χ2v) is 4.64. The van der Waals surface area contributed by atoms with Gasteiger partial charge in [0.1, 0.15) is 0 Å². The molecule has 3 N–H and O–H groups in total. The summed E-state index contributed by atoms with van der Waals surface area (Å²) in [5.74, 6) is 0.475. The molecule has 4 nitrogen and oxygen atoms in total. The summed E-state index contributed by atoms with van der Waals surface area (Å²) in [6, 6.07) is 0. The van der Waals surface area contributed by atoms with Gasteiger partial charge in [-0.1, -0.05) is 0 Å². The summed E-state index contributed by atoms with van der Waals surface area (Å²) in [4.78, 5) is 11.2. The fraction of sp³-hybridized carbons (Fsp3) is 0.909. The molecule has 0 aromatic rings. The number of hydrogen-bond donors (Lipinski definition) is 2. The number of ether oxygens (including phenoxy) is 1. The van der Waals surface area contributed by atoms with Gasteiger partial charge < -0.3 is 15.8 Å². The molecule has 2 atom stereocenters. The zero-order chi connectivity index (χ0) is 10.7. The quantitative estimate of drug-likeness (QED) is 0.773. The Balaban J connectivity index is 0.00000128. The lowest BCUT2D eigenvalue weighted by molar-refractivity contribution is -0.123. The number of piperidine rings is 1. The number of rotatable bonds is 3. The molecule has 0 saturated carbocycles. The number of nitrogens with two attached hydrogens (primary N) is 1. The zero-order valence-corrected chi connectivity index (χ0v) is 10.3. The molecule has 2 aliphatic heterocycles. The molecule has 1 amide bonds. The van der Waals surface area contributed by atoms with Gasteiger partial charge in [-0.05, 0) is 44.7 Å². The highest BCUT2D eigenvalue weighted by Gasteiger charge is 2.34. The average Bonchev–Trinajstić information content (AvgIpc) is 2.67.